The van der Waals surface area contributed by atoms with Gasteiger partial charge in [0.05, 0.1) is 21.7 Å². The van der Waals surface area contributed by atoms with Crippen LogP contribution in [0.3, 0.4) is 0 Å². The van der Waals surface area contributed by atoms with Gasteiger partial charge in [0.15, 0.2) is 0 Å². The van der Waals surface area contributed by atoms with E-state index in [1.807, 2.05) is 23.6 Å². The summed E-state index contributed by atoms with van der Waals surface area (Å²) in [6, 6.07) is 7.61. The number of fused-ring (bicyclic) bond motifs is 1. The van der Waals surface area contributed by atoms with E-state index in [-0.39, 0.29) is 11.4 Å². The molecule has 0 saturated heterocycles. The van der Waals surface area contributed by atoms with Crippen LogP contribution in [0.2, 0.25) is 5.02 Å². The lowest BCUT2D eigenvalue weighted by molar-refractivity contribution is 0.0959. The van der Waals surface area contributed by atoms with Gasteiger partial charge in [-0.25, -0.2) is 5.43 Å². The standard InChI is InChI=1S/C20H22ClN3OS/c1-5-24-17-10-16(21)14(9-15(17)13(2)11-20(24,3)4)12-22-23-19(25)18-7-6-8-26-18/h6-12H,5H2,1-4H3,(H,23,25)/b22-12+. The van der Waals surface area contributed by atoms with Gasteiger partial charge in [-0.3, -0.25) is 4.79 Å². The summed E-state index contributed by atoms with van der Waals surface area (Å²) in [5.41, 5.74) is 6.74. The number of likely N-dealkylation sites (N-methyl/N-ethyl adjacent to an activating group) is 1. The first-order chi connectivity index (χ1) is 12.3. The van der Waals surface area contributed by atoms with Crippen molar-refractivity contribution in [2.75, 3.05) is 11.4 Å². The average molecular weight is 388 g/mol. The van der Waals surface area contributed by atoms with Crippen LogP contribution in [-0.4, -0.2) is 24.2 Å². The molecular weight excluding hydrogens is 366 g/mol. The van der Waals surface area contributed by atoms with Gasteiger partial charge in [-0.05, 0) is 56.8 Å². The van der Waals surface area contributed by atoms with E-state index >= 15 is 0 Å². The number of hydrazone groups is 1. The van der Waals surface area contributed by atoms with Crippen molar-refractivity contribution in [1.29, 1.82) is 0 Å². The highest BCUT2D eigenvalue weighted by atomic mass is 35.5. The summed E-state index contributed by atoms with van der Waals surface area (Å²) < 4.78 is 0. The maximum atomic E-state index is 12.0. The van der Waals surface area contributed by atoms with Gasteiger partial charge >= 0.3 is 0 Å². The second-order valence-electron chi connectivity index (χ2n) is 6.79. The zero-order valence-corrected chi connectivity index (χ0v) is 16.9. The summed E-state index contributed by atoms with van der Waals surface area (Å²) in [5, 5.41) is 6.53. The molecule has 0 spiro atoms. The van der Waals surface area contributed by atoms with E-state index in [1.54, 1.807) is 12.3 Å². The van der Waals surface area contributed by atoms with Crippen LogP contribution in [0.25, 0.3) is 5.57 Å². The van der Waals surface area contributed by atoms with Gasteiger partial charge in [0.2, 0.25) is 0 Å². The Balaban J connectivity index is 1.88. The van der Waals surface area contributed by atoms with Crippen molar-refractivity contribution in [3.63, 3.8) is 0 Å². The Morgan fingerprint density at radius 3 is 2.85 bits per heavy atom. The first-order valence-electron chi connectivity index (χ1n) is 8.51. The topological polar surface area (TPSA) is 44.7 Å². The first-order valence-corrected chi connectivity index (χ1v) is 9.77. The molecule has 0 unspecified atom stereocenters. The molecule has 0 atom stereocenters. The third-order valence-corrected chi connectivity index (χ3v) is 5.72. The number of benzene rings is 1. The molecule has 0 radical (unpaired) electrons. The normalized spacial score (nSPS) is 15.7. The van der Waals surface area contributed by atoms with E-state index in [4.69, 9.17) is 11.6 Å². The van der Waals surface area contributed by atoms with Crippen LogP contribution in [0.4, 0.5) is 5.69 Å². The number of nitrogens with one attached hydrogen (secondary N) is 1. The van der Waals surface area contributed by atoms with Crippen LogP contribution >= 0.6 is 22.9 Å². The monoisotopic (exact) mass is 387 g/mol. The number of halogens is 1. The number of rotatable bonds is 4. The van der Waals surface area contributed by atoms with Gasteiger partial charge in [-0.2, -0.15) is 5.10 Å². The van der Waals surface area contributed by atoms with Crippen molar-refractivity contribution in [3.05, 3.63) is 56.7 Å². The molecular formula is C20H22ClN3OS. The largest absolute Gasteiger partial charge is 0.363 e. The third-order valence-electron chi connectivity index (χ3n) is 4.53. The Kier molecular flexibility index (Phi) is 5.21. The van der Waals surface area contributed by atoms with Gasteiger partial charge in [0, 0.05) is 23.4 Å². The van der Waals surface area contributed by atoms with Crippen LogP contribution in [0, 0.1) is 0 Å². The molecule has 1 amide bonds. The molecule has 0 bridgehead atoms. The maximum absolute atomic E-state index is 12.0. The Labute approximate surface area is 163 Å². The van der Waals surface area contributed by atoms with E-state index in [9.17, 15) is 4.79 Å². The molecule has 1 aliphatic rings. The molecule has 2 aromatic rings. The highest BCUT2D eigenvalue weighted by Crippen LogP contribution is 2.40. The fraction of sp³-hybridized carbons (Fsp3) is 0.300. The molecule has 0 aliphatic carbocycles. The summed E-state index contributed by atoms with van der Waals surface area (Å²) in [5.74, 6) is -0.222. The van der Waals surface area contributed by atoms with Crippen molar-refractivity contribution in [1.82, 2.24) is 5.43 Å². The van der Waals surface area contributed by atoms with Crippen LogP contribution in [0.5, 0.6) is 0 Å². The number of thiophene rings is 1. The zero-order valence-electron chi connectivity index (χ0n) is 15.3. The maximum Gasteiger partial charge on any atom is 0.281 e. The molecule has 4 nitrogen and oxygen atoms in total. The van der Waals surface area contributed by atoms with Gasteiger partial charge in [0.25, 0.3) is 5.91 Å². The molecule has 3 rings (SSSR count). The molecule has 26 heavy (non-hydrogen) atoms. The number of hydrogen-bond acceptors (Lipinski definition) is 4. The number of hydrogen-bond donors (Lipinski definition) is 1. The molecule has 136 valence electrons. The van der Waals surface area contributed by atoms with Crippen molar-refractivity contribution in [2.45, 2.75) is 33.2 Å². The van der Waals surface area contributed by atoms with Crippen molar-refractivity contribution >= 4 is 46.3 Å². The Morgan fingerprint density at radius 1 is 1.42 bits per heavy atom. The van der Waals surface area contributed by atoms with Crippen molar-refractivity contribution in [2.24, 2.45) is 5.10 Å². The van der Waals surface area contributed by atoms with E-state index in [0.29, 0.717) is 9.90 Å². The number of carbonyl (C=O) groups is 1. The minimum absolute atomic E-state index is 0.0561. The summed E-state index contributed by atoms with van der Waals surface area (Å²) in [6.45, 7) is 9.55. The van der Waals surface area contributed by atoms with Crippen molar-refractivity contribution < 1.29 is 4.79 Å². The second kappa shape index (κ2) is 7.25. The molecule has 0 saturated carbocycles. The Bertz CT molecular complexity index is 885. The van der Waals surface area contributed by atoms with Gasteiger partial charge in [-0.15, -0.1) is 11.3 Å². The molecule has 2 heterocycles. The van der Waals surface area contributed by atoms with Crippen LogP contribution in [0.1, 0.15) is 48.5 Å². The number of amides is 1. The summed E-state index contributed by atoms with van der Waals surface area (Å²) >= 11 is 7.87. The van der Waals surface area contributed by atoms with E-state index in [0.717, 1.165) is 23.4 Å². The molecule has 1 aromatic heterocycles. The summed E-state index contributed by atoms with van der Waals surface area (Å²) in [6.07, 6.45) is 3.86. The molecule has 1 aliphatic heterocycles. The van der Waals surface area contributed by atoms with Crippen LogP contribution in [0.15, 0.2) is 40.8 Å². The van der Waals surface area contributed by atoms with Gasteiger partial charge in [-0.1, -0.05) is 23.7 Å². The zero-order chi connectivity index (χ0) is 18.9. The highest BCUT2D eigenvalue weighted by molar-refractivity contribution is 7.12. The van der Waals surface area contributed by atoms with E-state index < -0.39 is 0 Å². The fourth-order valence-electron chi connectivity index (χ4n) is 3.41. The fourth-order valence-corrected chi connectivity index (χ4v) is 4.23. The minimum atomic E-state index is -0.222. The summed E-state index contributed by atoms with van der Waals surface area (Å²) in [4.78, 5) is 14.9. The average Bonchev–Trinajstić information content (AvgIpc) is 3.10. The SMILES string of the molecule is CCN1c2cc(Cl)c(/C=N/NC(=O)c3cccs3)cc2C(C)=CC1(C)C. The van der Waals surface area contributed by atoms with Crippen molar-refractivity contribution in [3.8, 4) is 0 Å². The minimum Gasteiger partial charge on any atom is -0.363 e. The number of nitrogens with zero attached hydrogens (tertiary/aromatic N) is 2. The smallest absolute Gasteiger partial charge is 0.281 e. The van der Waals surface area contributed by atoms with Gasteiger partial charge < -0.3 is 4.90 Å². The Hall–Kier alpha value is -2.11. The number of carbonyl (C=O) groups excluding carboxylic acids is 1. The molecule has 1 aromatic carbocycles. The first kappa shape index (κ1) is 18.7. The highest BCUT2D eigenvalue weighted by Gasteiger charge is 2.30. The lowest BCUT2D eigenvalue weighted by atomic mass is 9.88. The second-order valence-corrected chi connectivity index (χ2v) is 8.15. The Morgan fingerprint density at radius 2 is 2.19 bits per heavy atom. The molecule has 1 N–H and O–H groups in total. The lowest BCUT2D eigenvalue weighted by Gasteiger charge is -2.43. The third kappa shape index (κ3) is 3.55. The van der Waals surface area contributed by atoms with Gasteiger partial charge in [0.1, 0.15) is 0 Å². The predicted molar refractivity (Wildman–Crippen MR) is 112 cm³/mol. The van der Waals surface area contributed by atoms with E-state index in [2.05, 4.69) is 49.2 Å². The quantitative estimate of drug-likeness (QED) is 0.579. The lowest BCUT2D eigenvalue weighted by Crippen LogP contribution is -2.44. The number of anilines is 1. The van der Waals surface area contributed by atoms with Crippen LogP contribution < -0.4 is 10.3 Å². The number of allylic oxidation sites excluding steroid dienone is 1. The van der Waals surface area contributed by atoms with Crippen LogP contribution in [-0.2, 0) is 0 Å². The molecule has 0 fully saturated rings. The predicted octanol–water partition coefficient (Wildman–Crippen LogP) is 5.19. The van der Waals surface area contributed by atoms with E-state index in [1.165, 1.54) is 16.9 Å². The molecule has 6 heteroatoms. The summed E-state index contributed by atoms with van der Waals surface area (Å²) in [7, 11) is 0.